The van der Waals surface area contributed by atoms with Gasteiger partial charge in [-0.1, -0.05) is 91.0 Å². The molecule has 8 aromatic carbocycles. The van der Waals surface area contributed by atoms with Gasteiger partial charge in [0.25, 0.3) is 0 Å². The summed E-state index contributed by atoms with van der Waals surface area (Å²) in [6, 6.07) is 62.0. The average molecular weight is 617 g/mol. The van der Waals surface area contributed by atoms with Gasteiger partial charge >= 0.3 is 0 Å². The van der Waals surface area contributed by atoms with Gasteiger partial charge in [-0.15, -0.1) is 11.3 Å². The number of rotatable bonds is 4. The minimum atomic E-state index is 1.13. The predicted octanol–water partition coefficient (Wildman–Crippen LogP) is 12.9. The smallest absolute Gasteiger partial charge is 0.0542 e. The van der Waals surface area contributed by atoms with Crippen molar-refractivity contribution >= 4 is 91.9 Å². The Kier molecular flexibility index (Phi) is 5.78. The van der Waals surface area contributed by atoms with Gasteiger partial charge in [0.15, 0.2) is 0 Å². The van der Waals surface area contributed by atoms with Gasteiger partial charge in [-0.05, 0) is 100 Å². The first-order valence-corrected chi connectivity index (χ1v) is 16.8. The molecule has 10 aromatic rings. The molecule has 3 heteroatoms. The Balaban J connectivity index is 1.21. The number of hydrogen-bond donors (Lipinski definition) is 0. The number of thiophene rings is 1. The number of aromatic nitrogens is 1. The van der Waals surface area contributed by atoms with Gasteiger partial charge < -0.3 is 9.47 Å². The Morgan fingerprint density at radius 1 is 0.362 bits per heavy atom. The van der Waals surface area contributed by atoms with Crippen LogP contribution in [0.5, 0.6) is 0 Å². The van der Waals surface area contributed by atoms with Crippen LogP contribution in [0, 0.1) is 0 Å². The van der Waals surface area contributed by atoms with Crippen LogP contribution < -0.4 is 4.90 Å². The van der Waals surface area contributed by atoms with E-state index in [-0.39, 0.29) is 0 Å². The summed E-state index contributed by atoms with van der Waals surface area (Å²) in [6.07, 6.45) is 0. The van der Waals surface area contributed by atoms with Gasteiger partial charge in [0, 0.05) is 53.7 Å². The van der Waals surface area contributed by atoms with E-state index in [1.165, 1.54) is 69.2 Å². The minimum absolute atomic E-state index is 1.13. The molecule has 0 atom stereocenters. The lowest BCUT2D eigenvalue weighted by Gasteiger charge is -2.26. The first kappa shape index (κ1) is 26.3. The Bertz CT molecular complexity index is 2790. The van der Waals surface area contributed by atoms with Gasteiger partial charge in [0.05, 0.1) is 11.0 Å². The molecule has 0 spiro atoms. The van der Waals surface area contributed by atoms with Crippen molar-refractivity contribution in [2.75, 3.05) is 4.90 Å². The molecule has 0 saturated heterocycles. The molecule has 0 aliphatic rings. The summed E-state index contributed by atoms with van der Waals surface area (Å²) in [5.41, 5.74) is 6.97. The van der Waals surface area contributed by atoms with Crippen LogP contribution in [0.15, 0.2) is 170 Å². The highest BCUT2D eigenvalue weighted by atomic mass is 32.1. The van der Waals surface area contributed by atoms with Crippen molar-refractivity contribution in [3.05, 3.63) is 170 Å². The number of hydrogen-bond acceptors (Lipinski definition) is 2. The van der Waals surface area contributed by atoms with E-state index in [1.807, 2.05) is 11.3 Å². The number of nitrogens with zero attached hydrogens (tertiary/aromatic N) is 2. The quantitative estimate of drug-likeness (QED) is 0.179. The van der Waals surface area contributed by atoms with Gasteiger partial charge in [-0.2, -0.15) is 0 Å². The van der Waals surface area contributed by atoms with Gasteiger partial charge in [0.1, 0.15) is 0 Å². The molecule has 2 heterocycles. The maximum Gasteiger partial charge on any atom is 0.0542 e. The lowest BCUT2D eigenvalue weighted by molar-refractivity contribution is 1.18. The lowest BCUT2D eigenvalue weighted by atomic mass is 9.99. The monoisotopic (exact) mass is 616 g/mol. The Labute approximate surface area is 276 Å². The zero-order chi connectivity index (χ0) is 30.9. The molecule has 2 aromatic heterocycles. The first-order valence-electron chi connectivity index (χ1n) is 16.0. The molecular formula is C44H28N2S. The van der Waals surface area contributed by atoms with Crippen LogP contribution in [0.2, 0.25) is 0 Å². The van der Waals surface area contributed by atoms with Crippen LogP contribution in [-0.2, 0) is 0 Å². The van der Waals surface area contributed by atoms with Gasteiger partial charge in [-0.3, -0.25) is 0 Å². The fraction of sp³-hybridized carbons (Fsp3) is 0. The molecule has 0 bridgehead atoms. The van der Waals surface area contributed by atoms with Crippen LogP contribution in [0.25, 0.3) is 69.2 Å². The second kappa shape index (κ2) is 10.3. The van der Waals surface area contributed by atoms with E-state index in [2.05, 4.69) is 179 Å². The van der Waals surface area contributed by atoms with E-state index in [4.69, 9.17) is 0 Å². The van der Waals surface area contributed by atoms with Crippen molar-refractivity contribution in [1.29, 1.82) is 0 Å². The normalized spacial score (nSPS) is 11.8. The third-order valence-corrected chi connectivity index (χ3v) is 10.7. The van der Waals surface area contributed by atoms with E-state index in [0.717, 1.165) is 17.1 Å². The molecule has 10 rings (SSSR count). The third kappa shape index (κ3) is 4.10. The van der Waals surface area contributed by atoms with Crippen LogP contribution in [0.1, 0.15) is 0 Å². The molecule has 0 saturated carbocycles. The summed E-state index contributed by atoms with van der Waals surface area (Å²) < 4.78 is 5.04. The summed E-state index contributed by atoms with van der Waals surface area (Å²) >= 11 is 1.88. The van der Waals surface area contributed by atoms with Crippen LogP contribution in [-0.4, -0.2) is 4.57 Å². The molecule has 0 unspecified atom stereocenters. The van der Waals surface area contributed by atoms with Crippen LogP contribution >= 0.6 is 11.3 Å². The molecule has 2 nitrogen and oxygen atoms in total. The first-order chi connectivity index (χ1) is 23.3. The van der Waals surface area contributed by atoms with Crippen molar-refractivity contribution in [1.82, 2.24) is 4.57 Å². The highest BCUT2D eigenvalue weighted by molar-refractivity contribution is 7.25. The van der Waals surface area contributed by atoms with Crippen LogP contribution in [0.3, 0.4) is 0 Å². The van der Waals surface area contributed by atoms with Crippen molar-refractivity contribution in [2.45, 2.75) is 0 Å². The van der Waals surface area contributed by atoms with E-state index in [0.29, 0.717) is 0 Å². The largest absolute Gasteiger partial charge is 0.310 e. The topological polar surface area (TPSA) is 8.17 Å². The maximum atomic E-state index is 2.41. The fourth-order valence-electron chi connectivity index (χ4n) is 7.38. The summed E-state index contributed by atoms with van der Waals surface area (Å²) in [7, 11) is 0. The molecule has 47 heavy (non-hydrogen) atoms. The summed E-state index contributed by atoms with van der Waals surface area (Å²) in [5, 5.41) is 10.2. The Hall–Kier alpha value is -5.90. The summed E-state index contributed by atoms with van der Waals surface area (Å²) in [4.78, 5) is 2.39. The number of anilines is 3. The van der Waals surface area contributed by atoms with E-state index < -0.39 is 0 Å². The summed E-state index contributed by atoms with van der Waals surface area (Å²) in [5.74, 6) is 0. The molecule has 0 N–H and O–H groups in total. The fourth-order valence-corrected chi connectivity index (χ4v) is 8.52. The third-order valence-electron chi connectivity index (χ3n) is 9.52. The number of fused-ring (bicyclic) bond motifs is 9. The molecular weight excluding hydrogens is 589 g/mol. The predicted molar refractivity (Wildman–Crippen MR) is 203 cm³/mol. The van der Waals surface area contributed by atoms with Gasteiger partial charge in [0.2, 0.25) is 0 Å². The van der Waals surface area contributed by atoms with Crippen molar-refractivity contribution in [3.63, 3.8) is 0 Å². The van der Waals surface area contributed by atoms with Crippen molar-refractivity contribution in [3.8, 4) is 5.69 Å². The highest BCUT2D eigenvalue weighted by Crippen LogP contribution is 2.42. The minimum Gasteiger partial charge on any atom is -0.310 e. The number of para-hydroxylation sites is 3. The molecule has 0 aliphatic heterocycles. The highest BCUT2D eigenvalue weighted by Gasteiger charge is 2.18. The van der Waals surface area contributed by atoms with Crippen molar-refractivity contribution < 1.29 is 0 Å². The standard InChI is InChI=1S/C44H28N2S/c1-3-11-31(12-4-1)45(34-23-24-42-39(27-34)35-15-7-9-17-41(35)46(42)32-13-5-2-6-14-32)33-22-21-29-19-20-30-25-44-40(28-38(30)37(29)26-33)36-16-8-10-18-43(36)47-44/h1-28H. The maximum absolute atomic E-state index is 2.41. The lowest BCUT2D eigenvalue weighted by Crippen LogP contribution is -2.09. The van der Waals surface area contributed by atoms with E-state index in [1.54, 1.807) is 0 Å². The molecule has 220 valence electrons. The summed E-state index contributed by atoms with van der Waals surface area (Å²) in [6.45, 7) is 0. The zero-order valence-corrected chi connectivity index (χ0v) is 26.3. The van der Waals surface area contributed by atoms with Gasteiger partial charge in [-0.25, -0.2) is 0 Å². The molecule has 0 radical (unpaired) electrons. The zero-order valence-electron chi connectivity index (χ0n) is 25.5. The second-order valence-corrected chi connectivity index (χ2v) is 13.3. The Morgan fingerprint density at radius 3 is 1.83 bits per heavy atom. The van der Waals surface area contributed by atoms with Crippen LogP contribution in [0.4, 0.5) is 17.1 Å². The van der Waals surface area contributed by atoms with E-state index >= 15 is 0 Å². The SMILES string of the molecule is c1ccc(N(c2ccc3ccc4cc5sc6ccccc6c5cc4c3c2)c2ccc3c(c2)c2ccccc2n3-c2ccccc2)cc1. The van der Waals surface area contributed by atoms with E-state index in [9.17, 15) is 0 Å². The number of benzene rings is 8. The Morgan fingerprint density at radius 2 is 0.979 bits per heavy atom. The molecule has 0 fully saturated rings. The average Bonchev–Trinajstić information content (AvgIpc) is 3.66. The van der Waals surface area contributed by atoms with Crippen molar-refractivity contribution in [2.24, 2.45) is 0 Å². The molecule has 0 aliphatic carbocycles. The second-order valence-electron chi connectivity index (χ2n) is 12.2. The molecule has 0 amide bonds.